The van der Waals surface area contributed by atoms with Crippen molar-refractivity contribution < 1.29 is 14.2 Å². The number of aromatic nitrogens is 1. The number of hydrogen-bond acceptors (Lipinski definition) is 7. The van der Waals surface area contributed by atoms with E-state index in [0.717, 1.165) is 43.8 Å². The van der Waals surface area contributed by atoms with E-state index >= 15 is 0 Å². The monoisotopic (exact) mass is 633 g/mol. The summed E-state index contributed by atoms with van der Waals surface area (Å²) in [7, 11) is 0. The van der Waals surface area contributed by atoms with E-state index in [9.17, 15) is 0 Å². The van der Waals surface area contributed by atoms with Crippen LogP contribution in [-0.2, 0) is 34.0 Å². The summed E-state index contributed by atoms with van der Waals surface area (Å²) in [6.07, 6.45) is 1.97. The molecule has 0 spiro atoms. The molecule has 0 amide bonds. The average Bonchev–Trinajstić information content (AvgIpc) is 3.60. The first-order valence-electron chi connectivity index (χ1n) is 16.5. The Balaban J connectivity index is 1.09. The minimum Gasteiger partial charge on any atom is -0.369 e. The molecule has 4 aromatic carbocycles. The summed E-state index contributed by atoms with van der Waals surface area (Å²) in [5.74, 6) is 0.550. The number of piperidine rings is 2. The number of rotatable bonds is 12. The third-order valence-electron chi connectivity index (χ3n) is 9.22. The maximum atomic E-state index is 6.74. The Morgan fingerprint density at radius 2 is 1.24 bits per heavy atom. The van der Waals surface area contributed by atoms with Crippen molar-refractivity contribution in [1.82, 2.24) is 9.88 Å². The van der Waals surface area contributed by atoms with E-state index in [-0.39, 0.29) is 18.3 Å². The number of para-hydroxylation sites is 1. The van der Waals surface area contributed by atoms with Crippen LogP contribution in [0.15, 0.2) is 115 Å². The predicted octanol–water partition coefficient (Wildman–Crippen LogP) is 7.58. The first-order chi connectivity index (χ1) is 22.8. The van der Waals surface area contributed by atoms with Gasteiger partial charge in [-0.05, 0) is 47.6 Å². The van der Waals surface area contributed by atoms with Gasteiger partial charge in [0.05, 0.1) is 47.9 Å². The highest BCUT2D eigenvalue weighted by atomic mass is 32.1. The second kappa shape index (κ2) is 15.3. The number of benzene rings is 4. The Hall–Kier alpha value is -3.59. The van der Waals surface area contributed by atoms with Crippen LogP contribution in [0.2, 0.25) is 0 Å². The second-order valence-electron chi connectivity index (χ2n) is 12.6. The highest BCUT2D eigenvalue weighted by molar-refractivity contribution is 7.16. The van der Waals surface area contributed by atoms with Crippen LogP contribution in [-0.4, -0.2) is 60.9 Å². The number of ether oxygens (including phenoxy) is 3. The van der Waals surface area contributed by atoms with Crippen LogP contribution in [0.25, 0.3) is 10.2 Å². The molecule has 2 fully saturated rings. The molecule has 2 saturated heterocycles. The minimum atomic E-state index is -0.186. The molecule has 1 aromatic heterocycles. The van der Waals surface area contributed by atoms with E-state index in [1.807, 2.05) is 23.7 Å². The Labute approximate surface area is 276 Å². The van der Waals surface area contributed by atoms with Crippen molar-refractivity contribution in [1.29, 1.82) is 0 Å². The SMILES string of the molecule is c1ccc(COC2[C@H](OCc3ccccc3)CN(C[C@H]3CCCN(c4cccc5scnc45)C3)C[C@H]2OCc2ccccc2)cc1. The van der Waals surface area contributed by atoms with Gasteiger partial charge in [0.25, 0.3) is 0 Å². The normalized spacial score (nSPS) is 21.1. The summed E-state index contributed by atoms with van der Waals surface area (Å²) in [6.45, 7) is 6.37. The number of fused-ring (bicyclic) bond motifs is 1. The van der Waals surface area contributed by atoms with Crippen LogP contribution in [0.1, 0.15) is 29.5 Å². The van der Waals surface area contributed by atoms with Gasteiger partial charge in [-0.2, -0.15) is 0 Å². The summed E-state index contributed by atoms with van der Waals surface area (Å²) in [5, 5.41) is 0. The minimum absolute atomic E-state index is 0.123. The van der Waals surface area contributed by atoms with Gasteiger partial charge in [0.15, 0.2) is 0 Å². The molecule has 0 bridgehead atoms. The standard InChI is InChI=1S/C39H43N3O3S/c1-4-12-30(13-5-1)26-43-35-24-41(22-33-18-11-21-42(23-33)34-19-10-20-37-38(34)40-29-46-37)25-36(44-27-31-14-6-2-7-15-31)39(35)45-28-32-16-8-3-9-17-32/h1-10,12-17,19-20,29,33,35-36,39H,11,18,21-28H2/t33-,35-,36-/m1/s1. The molecule has 7 heteroatoms. The summed E-state index contributed by atoms with van der Waals surface area (Å²) < 4.78 is 21.5. The van der Waals surface area contributed by atoms with Gasteiger partial charge in [-0.25, -0.2) is 4.98 Å². The van der Waals surface area contributed by atoms with Gasteiger partial charge in [0.2, 0.25) is 0 Å². The number of anilines is 1. The van der Waals surface area contributed by atoms with E-state index in [2.05, 4.69) is 101 Å². The zero-order valence-electron chi connectivity index (χ0n) is 26.3. The molecule has 5 aromatic rings. The third kappa shape index (κ3) is 7.85. The fourth-order valence-corrected chi connectivity index (χ4v) is 7.63. The predicted molar refractivity (Wildman–Crippen MR) is 186 cm³/mol. The van der Waals surface area contributed by atoms with Gasteiger partial charge in [0.1, 0.15) is 11.6 Å². The molecule has 238 valence electrons. The molecule has 6 nitrogen and oxygen atoms in total. The lowest BCUT2D eigenvalue weighted by Crippen LogP contribution is -2.59. The van der Waals surface area contributed by atoms with Crippen LogP contribution in [0, 0.1) is 5.92 Å². The van der Waals surface area contributed by atoms with Crippen molar-refractivity contribution in [2.45, 2.75) is 51.0 Å². The van der Waals surface area contributed by atoms with Crippen LogP contribution < -0.4 is 4.90 Å². The van der Waals surface area contributed by atoms with Crippen molar-refractivity contribution in [2.75, 3.05) is 37.6 Å². The highest BCUT2D eigenvalue weighted by Crippen LogP contribution is 2.32. The lowest BCUT2D eigenvalue weighted by atomic mass is 9.94. The quantitative estimate of drug-likeness (QED) is 0.141. The lowest BCUT2D eigenvalue weighted by molar-refractivity contribution is -0.185. The molecule has 46 heavy (non-hydrogen) atoms. The van der Waals surface area contributed by atoms with Crippen molar-refractivity contribution in [3.8, 4) is 0 Å². The number of hydrogen-bond donors (Lipinski definition) is 0. The summed E-state index contributed by atoms with van der Waals surface area (Å²) >= 11 is 1.72. The van der Waals surface area contributed by atoms with Crippen LogP contribution >= 0.6 is 11.3 Å². The highest BCUT2D eigenvalue weighted by Gasteiger charge is 2.40. The lowest BCUT2D eigenvalue weighted by Gasteiger charge is -2.45. The summed E-state index contributed by atoms with van der Waals surface area (Å²) in [6, 6.07) is 37.9. The Morgan fingerprint density at radius 1 is 0.652 bits per heavy atom. The molecule has 3 atom stereocenters. The fraction of sp³-hybridized carbons (Fsp3) is 0.359. The van der Waals surface area contributed by atoms with Crippen LogP contribution in [0.3, 0.4) is 0 Å². The molecule has 0 aliphatic carbocycles. The summed E-state index contributed by atoms with van der Waals surface area (Å²) in [4.78, 5) is 9.84. The van der Waals surface area contributed by atoms with E-state index in [0.29, 0.717) is 25.7 Å². The Morgan fingerprint density at radius 3 is 1.85 bits per heavy atom. The number of nitrogens with zero attached hydrogens (tertiary/aromatic N) is 3. The molecule has 0 unspecified atom stereocenters. The van der Waals surface area contributed by atoms with Gasteiger partial charge in [0, 0.05) is 32.7 Å². The average molecular weight is 634 g/mol. The molecule has 7 rings (SSSR count). The molecular weight excluding hydrogens is 591 g/mol. The van der Waals surface area contributed by atoms with Gasteiger partial charge < -0.3 is 19.1 Å². The van der Waals surface area contributed by atoms with Gasteiger partial charge in [-0.3, -0.25) is 4.90 Å². The van der Waals surface area contributed by atoms with Crippen molar-refractivity contribution in [3.05, 3.63) is 131 Å². The largest absolute Gasteiger partial charge is 0.369 e. The zero-order valence-corrected chi connectivity index (χ0v) is 27.1. The van der Waals surface area contributed by atoms with Crippen LogP contribution in [0.4, 0.5) is 5.69 Å². The number of thiazole rings is 1. The van der Waals surface area contributed by atoms with Gasteiger partial charge in [-0.1, -0.05) is 97.1 Å². The molecule has 2 aliphatic rings. The maximum absolute atomic E-state index is 6.74. The second-order valence-corrected chi connectivity index (χ2v) is 13.5. The van der Waals surface area contributed by atoms with Gasteiger partial charge in [-0.15, -0.1) is 11.3 Å². The Bertz CT molecular complexity index is 1580. The molecule has 2 aliphatic heterocycles. The molecule has 0 N–H and O–H groups in total. The smallest absolute Gasteiger partial charge is 0.113 e. The zero-order chi connectivity index (χ0) is 31.0. The van der Waals surface area contributed by atoms with E-state index < -0.39 is 0 Å². The van der Waals surface area contributed by atoms with E-state index in [1.165, 1.54) is 34.4 Å². The van der Waals surface area contributed by atoms with E-state index in [1.54, 1.807) is 11.3 Å². The molecule has 0 saturated carbocycles. The maximum Gasteiger partial charge on any atom is 0.113 e. The van der Waals surface area contributed by atoms with Gasteiger partial charge >= 0.3 is 0 Å². The third-order valence-corrected chi connectivity index (χ3v) is 10.0. The topological polar surface area (TPSA) is 47.1 Å². The first-order valence-corrected chi connectivity index (χ1v) is 17.4. The van der Waals surface area contributed by atoms with Crippen LogP contribution in [0.5, 0.6) is 0 Å². The molecule has 0 radical (unpaired) electrons. The van der Waals surface area contributed by atoms with Crippen molar-refractivity contribution in [2.24, 2.45) is 5.92 Å². The van der Waals surface area contributed by atoms with E-state index in [4.69, 9.17) is 19.2 Å². The summed E-state index contributed by atoms with van der Waals surface area (Å²) in [5.41, 5.74) is 7.86. The fourth-order valence-electron chi connectivity index (χ4n) is 6.94. The first kappa shape index (κ1) is 31.0. The van der Waals surface area contributed by atoms with Crippen molar-refractivity contribution in [3.63, 3.8) is 0 Å². The molecular formula is C39H43N3O3S. The number of likely N-dealkylation sites (tertiary alicyclic amines) is 1. The van der Waals surface area contributed by atoms with Crippen molar-refractivity contribution >= 4 is 27.2 Å². The Kier molecular flexibility index (Phi) is 10.3. The molecule has 3 heterocycles.